The second-order valence-electron chi connectivity index (χ2n) is 4.68. The summed E-state index contributed by atoms with van der Waals surface area (Å²) in [6, 6.07) is 3.90. The molecule has 0 amide bonds. The minimum Gasteiger partial charge on any atom is -0.299 e. The Morgan fingerprint density at radius 3 is 2.43 bits per heavy atom. The Morgan fingerprint density at radius 1 is 1.36 bits per heavy atom. The van der Waals surface area contributed by atoms with E-state index in [1.54, 1.807) is 6.20 Å². The molecular weight excluding hydrogens is 174 g/mol. The smallest absolute Gasteiger partial charge is 0.144 e. The van der Waals surface area contributed by atoms with Gasteiger partial charge in [0.05, 0.1) is 0 Å². The van der Waals surface area contributed by atoms with Crippen LogP contribution in [0, 0.1) is 12.3 Å². The first kappa shape index (κ1) is 10.9. The van der Waals surface area contributed by atoms with Crippen LogP contribution in [0.3, 0.4) is 0 Å². The molecule has 0 spiro atoms. The van der Waals surface area contributed by atoms with Gasteiger partial charge in [-0.15, -0.1) is 0 Å². The normalized spacial score (nSPS) is 11.4. The van der Waals surface area contributed by atoms with Gasteiger partial charge in [-0.25, -0.2) is 0 Å². The molecule has 2 heteroatoms. The number of carbonyl (C=O) groups is 1. The Kier molecular flexibility index (Phi) is 3.04. The summed E-state index contributed by atoms with van der Waals surface area (Å²) in [5.41, 5.74) is 1.71. The molecule has 1 rings (SSSR count). The number of pyridine rings is 1. The predicted octanol–water partition coefficient (Wildman–Crippen LogP) is 2.55. The van der Waals surface area contributed by atoms with Gasteiger partial charge in [0, 0.05) is 23.7 Å². The molecule has 0 radical (unpaired) electrons. The summed E-state index contributed by atoms with van der Waals surface area (Å²) in [7, 11) is 0. The standard InChI is InChI=1S/C12H17NO/c1-9-5-6-10(13-8-9)7-11(14)12(2,3)4/h5-6,8H,7H2,1-4H3. The number of hydrogen-bond donors (Lipinski definition) is 0. The Balaban J connectivity index is 2.71. The minimum atomic E-state index is -0.271. The van der Waals surface area contributed by atoms with E-state index in [2.05, 4.69) is 4.98 Å². The summed E-state index contributed by atoms with van der Waals surface area (Å²) in [4.78, 5) is 15.9. The summed E-state index contributed by atoms with van der Waals surface area (Å²) in [5.74, 6) is 0.230. The van der Waals surface area contributed by atoms with E-state index >= 15 is 0 Å². The molecule has 14 heavy (non-hydrogen) atoms. The Bertz CT molecular complexity index is 319. The van der Waals surface area contributed by atoms with Gasteiger partial charge in [0.2, 0.25) is 0 Å². The van der Waals surface area contributed by atoms with Crippen molar-refractivity contribution in [1.82, 2.24) is 4.98 Å². The fraction of sp³-hybridized carbons (Fsp3) is 0.500. The monoisotopic (exact) mass is 191 g/mol. The average molecular weight is 191 g/mol. The van der Waals surface area contributed by atoms with Gasteiger partial charge in [-0.3, -0.25) is 9.78 Å². The molecule has 0 aliphatic carbocycles. The van der Waals surface area contributed by atoms with E-state index in [9.17, 15) is 4.79 Å². The van der Waals surface area contributed by atoms with Gasteiger partial charge in [0.25, 0.3) is 0 Å². The molecule has 2 nitrogen and oxygen atoms in total. The highest BCUT2D eigenvalue weighted by molar-refractivity contribution is 5.85. The fourth-order valence-corrected chi connectivity index (χ4v) is 1.03. The molecule has 0 unspecified atom stereocenters. The van der Waals surface area contributed by atoms with Crippen LogP contribution in [0.1, 0.15) is 32.0 Å². The first-order chi connectivity index (χ1) is 6.39. The highest BCUT2D eigenvalue weighted by Crippen LogP contribution is 2.16. The van der Waals surface area contributed by atoms with Gasteiger partial charge >= 0.3 is 0 Å². The number of aryl methyl sites for hydroxylation is 1. The third-order valence-electron chi connectivity index (χ3n) is 2.15. The second kappa shape index (κ2) is 3.91. The summed E-state index contributed by atoms with van der Waals surface area (Å²) in [6.45, 7) is 7.79. The lowest BCUT2D eigenvalue weighted by Crippen LogP contribution is -2.22. The van der Waals surface area contributed by atoms with E-state index in [4.69, 9.17) is 0 Å². The summed E-state index contributed by atoms with van der Waals surface area (Å²) < 4.78 is 0. The second-order valence-corrected chi connectivity index (χ2v) is 4.68. The van der Waals surface area contributed by atoms with Gasteiger partial charge in [0.15, 0.2) is 0 Å². The number of Topliss-reactive ketones (excluding diaryl/α,β-unsaturated/α-hetero) is 1. The lowest BCUT2D eigenvalue weighted by atomic mass is 9.88. The van der Waals surface area contributed by atoms with E-state index in [1.807, 2.05) is 39.8 Å². The van der Waals surface area contributed by atoms with Crippen molar-refractivity contribution in [3.63, 3.8) is 0 Å². The van der Waals surface area contributed by atoms with Crippen molar-refractivity contribution in [3.05, 3.63) is 29.6 Å². The molecule has 0 saturated carbocycles. The highest BCUT2D eigenvalue weighted by Gasteiger charge is 2.21. The zero-order valence-corrected chi connectivity index (χ0v) is 9.29. The number of hydrogen-bond acceptors (Lipinski definition) is 2. The third-order valence-corrected chi connectivity index (χ3v) is 2.15. The van der Waals surface area contributed by atoms with E-state index in [-0.39, 0.29) is 11.2 Å². The van der Waals surface area contributed by atoms with Crippen LogP contribution in [0.2, 0.25) is 0 Å². The maximum absolute atomic E-state index is 11.7. The SMILES string of the molecule is Cc1ccc(CC(=O)C(C)(C)C)nc1. The Hall–Kier alpha value is -1.18. The molecule has 0 bridgehead atoms. The third kappa shape index (κ3) is 2.95. The van der Waals surface area contributed by atoms with Crippen LogP contribution in [0.4, 0.5) is 0 Å². The van der Waals surface area contributed by atoms with Crippen LogP contribution in [0.25, 0.3) is 0 Å². The zero-order valence-electron chi connectivity index (χ0n) is 9.29. The number of aromatic nitrogens is 1. The lowest BCUT2D eigenvalue weighted by molar-refractivity contribution is -0.125. The van der Waals surface area contributed by atoms with Gasteiger partial charge in [-0.1, -0.05) is 26.8 Å². The molecule has 1 heterocycles. The molecule has 0 aromatic carbocycles. The first-order valence-corrected chi connectivity index (χ1v) is 4.84. The molecule has 0 aliphatic heterocycles. The highest BCUT2D eigenvalue weighted by atomic mass is 16.1. The molecule has 0 aliphatic rings. The average Bonchev–Trinajstić information content (AvgIpc) is 2.07. The van der Waals surface area contributed by atoms with Crippen molar-refractivity contribution in [1.29, 1.82) is 0 Å². The van der Waals surface area contributed by atoms with E-state index in [1.165, 1.54) is 0 Å². The number of ketones is 1. The quantitative estimate of drug-likeness (QED) is 0.719. The molecule has 1 aromatic heterocycles. The van der Waals surface area contributed by atoms with Crippen LogP contribution in [-0.2, 0) is 11.2 Å². The van der Waals surface area contributed by atoms with E-state index < -0.39 is 0 Å². The van der Waals surface area contributed by atoms with Crippen molar-refractivity contribution in [2.75, 3.05) is 0 Å². The van der Waals surface area contributed by atoms with Gasteiger partial charge in [-0.05, 0) is 18.6 Å². The zero-order chi connectivity index (χ0) is 10.8. The van der Waals surface area contributed by atoms with Gasteiger partial charge in [0.1, 0.15) is 5.78 Å². The summed E-state index contributed by atoms with van der Waals surface area (Å²) in [5, 5.41) is 0. The van der Waals surface area contributed by atoms with Crippen LogP contribution in [-0.4, -0.2) is 10.8 Å². The van der Waals surface area contributed by atoms with Gasteiger partial charge < -0.3 is 0 Å². The molecular formula is C12H17NO. The number of nitrogens with zero attached hydrogens (tertiary/aromatic N) is 1. The summed E-state index contributed by atoms with van der Waals surface area (Å²) >= 11 is 0. The first-order valence-electron chi connectivity index (χ1n) is 4.84. The van der Waals surface area contributed by atoms with E-state index in [0.29, 0.717) is 6.42 Å². The molecule has 0 fully saturated rings. The van der Waals surface area contributed by atoms with Crippen LogP contribution in [0.5, 0.6) is 0 Å². The van der Waals surface area contributed by atoms with Crippen molar-refractivity contribution < 1.29 is 4.79 Å². The lowest BCUT2D eigenvalue weighted by Gasteiger charge is -2.15. The number of rotatable bonds is 2. The van der Waals surface area contributed by atoms with Crippen molar-refractivity contribution in [2.24, 2.45) is 5.41 Å². The fourth-order valence-electron chi connectivity index (χ4n) is 1.03. The Morgan fingerprint density at radius 2 is 2.00 bits per heavy atom. The van der Waals surface area contributed by atoms with Crippen LogP contribution >= 0.6 is 0 Å². The van der Waals surface area contributed by atoms with Crippen LogP contribution in [0.15, 0.2) is 18.3 Å². The largest absolute Gasteiger partial charge is 0.299 e. The maximum Gasteiger partial charge on any atom is 0.144 e. The molecule has 0 atom stereocenters. The molecule has 0 saturated heterocycles. The van der Waals surface area contributed by atoms with Gasteiger partial charge in [-0.2, -0.15) is 0 Å². The van der Waals surface area contributed by atoms with Crippen molar-refractivity contribution in [3.8, 4) is 0 Å². The maximum atomic E-state index is 11.7. The predicted molar refractivity (Wildman–Crippen MR) is 57.1 cm³/mol. The minimum absolute atomic E-state index is 0.230. The van der Waals surface area contributed by atoms with E-state index in [0.717, 1.165) is 11.3 Å². The Labute approximate surface area is 85.4 Å². The summed E-state index contributed by atoms with van der Waals surface area (Å²) in [6.07, 6.45) is 2.23. The van der Waals surface area contributed by atoms with Crippen LogP contribution < -0.4 is 0 Å². The van der Waals surface area contributed by atoms with Crippen molar-refractivity contribution >= 4 is 5.78 Å². The molecule has 1 aromatic rings. The topological polar surface area (TPSA) is 30.0 Å². The van der Waals surface area contributed by atoms with Crippen molar-refractivity contribution in [2.45, 2.75) is 34.1 Å². The number of carbonyl (C=O) groups excluding carboxylic acids is 1. The molecule has 0 N–H and O–H groups in total. The molecule has 76 valence electrons.